The van der Waals surface area contributed by atoms with Crippen molar-refractivity contribution < 1.29 is 13.2 Å². The van der Waals surface area contributed by atoms with Crippen molar-refractivity contribution in [2.75, 3.05) is 17.6 Å². The molecule has 0 aliphatic heterocycles. The first-order valence-electron chi connectivity index (χ1n) is 11.1. The summed E-state index contributed by atoms with van der Waals surface area (Å²) in [7, 11) is 0. The van der Waals surface area contributed by atoms with Gasteiger partial charge in [0.15, 0.2) is 0 Å². The van der Waals surface area contributed by atoms with Crippen molar-refractivity contribution in [3.63, 3.8) is 0 Å². The van der Waals surface area contributed by atoms with E-state index in [9.17, 15) is 13.2 Å². The second-order valence-corrected chi connectivity index (χ2v) is 7.99. The fraction of sp³-hybridized carbons (Fsp3) is 0.222. The van der Waals surface area contributed by atoms with E-state index in [1.54, 1.807) is 30.3 Å². The number of hydrogen-bond donors (Lipinski definition) is 3. The van der Waals surface area contributed by atoms with Gasteiger partial charge < -0.3 is 16.4 Å². The Labute approximate surface area is 198 Å². The Balaban J connectivity index is 1.99. The van der Waals surface area contributed by atoms with E-state index in [0.29, 0.717) is 22.8 Å². The van der Waals surface area contributed by atoms with Gasteiger partial charge in [-0.2, -0.15) is 13.2 Å². The van der Waals surface area contributed by atoms with Gasteiger partial charge in [0.25, 0.3) is 0 Å². The minimum Gasteiger partial charge on any atom is -0.398 e. The summed E-state index contributed by atoms with van der Waals surface area (Å²) in [6, 6.07) is 18.5. The Hall–Kier alpha value is -3.74. The molecule has 0 unspecified atom stereocenters. The monoisotopic (exact) mass is 466 g/mol. The molecule has 3 aromatic carbocycles. The molecule has 4 N–H and O–H groups in total. The maximum atomic E-state index is 13.5. The lowest BCUT2D eigenvalue weighted by atomic mass is 10.1. The quantitative estimate of drug-likeness (QED) is 0.198. The smallest absolute Gasteiger partial charge is 0.398 e. The van der Waals surface area contributed by atoms with Crippen LogP contribution in [0, 0.1) is 6.92 Å². The van der Waals surface area contributed by atoms with Crippen LogP contribution in [-0.2, 0) is 12.7 Å². The summed E-state index contributed by atoms with van der Waals surface area (Å²) >= 11 is 0. The maximum Gasteiger partial charge on any atom is 0.416 e. The van der Waals surface area contributed by atoms with E-state index in [1.807, 2.05) is 25.1 Å². The first kappa shape index (κ1) is 24.9. The van der Waals surface area contributed by atoms with Crippen molar-refractivity contribution in [1.29, 1.82) is 0 Å². The summed E-state index contributed by atoms with van der Waals surface area (Å²) in [5, 5.41) is 6.60. The molecule has 0 amide bonds. The van der Waals surface area contributed by atoms with Gasteiger partial charge in [0.2, 0.25) is 0 Å². The highest BCUT2D eigenvalue weighted by Gasteiger charge is 2.32. The molecule has 4 nitrogen and oxygen atoms in total. The molecule has 0 saturated heterocycles. The van der Waals surface area contributed by atoms with E-state index in [1.165, 1.54) is 12.1 Å². The second-order valence-electron chi connectivity index (χ2n) is 7.99. The van der Waals surface area contributed by atoms with Crippen LogP contribution in [-0.4, -0.2) is 12.4 Å². The predicted octanol–water partition coefficient (Wildman–Crippen LogP) is 6.63. The average molecular weight is 467 g/mol. The Kier molecular flexibility index (Phi) is 7.99. The number of benzene rings is 3. The van der Waals surface area contributed by atoms with Gasteiger partial charge in [-0.1, -0.05) is 55.5 Å². The van der Waals surface area contributed by atoms with Crippen LogP contribution in [0.25, 0.3) is 5.70 Å². The van der Waals surface area contributed by atoms with Crippen LogP contribution < -0.4 is 16.4 Å². The Morgan fingerprint density at radius 1 is 1.00 bits per heavy atom. The van der Waals surface area contributed by atoms with Gasteiger partial charge in [0.05, 0.1) is 12.1 Å². The number of nitrogen functional groups attached to an aromatic ring is 1. The molecule has 0 atom stereocenters. The Bertz CT molecular complexity index is 1180. The molecule has 0 fully saturated rings. The average Bonchev–Trinajstić information content (AvgIpc) is 2.81. The Morgan fingerprint density at radius 2 is 1.71 bits per heavy atom. The predicted molar refractivity (Wildman–Crippen MR) is 135 cm³/mol. The van der Waals surface area contributed by atoms with Gasteiger partial charge in [0, 0.05) is 34.7 Å². The van der Waals surface area contributed by atoms with Crippen LogP contribution in [0.4, 0.5) is 24.5 Å². The number of rotatable bonds is 8. The first-order chi connectivity index (χ1) is 16.2. The van der Waals surface area contributed by atoms with Crippen LogP contribution >= 0.6 is 0 Å². The van der Waals surface area contributed by atoms with Gasteiger partial charge in [-0.15, -0.1) is 0 Å². The van der Waals surface area contributed by atoms with Crippen LogP contribution in [0.3, 0.4) is 0 Å². The number of nitrogens with one attached hydrogen (secondary N) is 2. The standard InChI is InChI=1S/C27H29F3N4/c1-4-15-32-25-14-13-18(2)16-22(25)19(3)34-26(21-10-6-8-12-24(21)31)33-17-20-9-5-7-11-23(20)27(28,29)30/h5-14,16,32H,3-4,15,17,31H2,1-2H3,(H,33,34). The molecule has 34 heavy (non-hydrogen) atoms. The van der Waals surface area contributed by atoms with E-state index in [4.69, 9.17) is 5.73 Å². The minimum absolute atomic E-state index is 0.0790. The highest BCUT2D eigenvalue weighted by atomic mass is 19.4. The molecular weight excluding hydrogens is 437 g/mol. The summed E-state index contributed by atoms with van der Waals surface area (Å²) in [6.45, 7) is 8.88. The van der Waals surface area contributed by atoms with Crippen molar-refractivity contribution >= 4 is 22.9 Å². The number of halogens is 3. The molecule has 3 rings (SSSR count). The zero-order valence-electron chi connectivity index (χ0n) is 19.3. The lowest BCUT2D eigenvalue weighted by Crippen LogP contribution is -2.25. The first-order valence-corrected chi connectivity index (χ1v) is 11.1. The van der Waals surface area contributed by atoms with Gasteiger partial charge in [-0.25, -0.2) is 0 Å². The van der Waals surface area contributed by atoms with Crippen molar-refractivity contribution in [3.8, 4) is 0 Å². The van der Waals surface area contributed by atoms with E-state index >= 15 is 0 Å². The van der Waals surface area contributed by atoms with Crippen LogP contribution in [0.1, 0.15) is 41.2 Å². The van der Waals surface area contributed by atoms with Gasteiger partial charge in [0.1, 0.15) is 5.84 Å². The summed E-state index contributed by atoms with van der Waals surface area (Å²) in [6.07, 6.45) is -3.50. The molecule has 7 heteroatoms. The number of amidine groups is 1. The van der Waals surface area contributed by atoms with Gasteiger partial charge >= 0.3 is 6.18 Å². The summed E-state index contributed by atoms with van der Waals surface area (Å²) in [5.74, 6) is 0.350. The van der Waals surface area contributed by atoms with E-state index in [2.05, 4.69) is 29.1 Å². The SMILES string of the molecule is C=C(NC(=NCc1ccccc1C(F)(F)F)c1ccccc1N)c1cc(C)ccc1NCCC. The number of aryl methyl sites for hydroxylation is 1. The summed E-state index contributed by atoms with van der Waals surface area (Å²) in [5.41, 5.74) is 9.98. The number of nitrogens with zero attached hydrogens (tertiary/aromatic N) is 1. The van der Waals surface area contributed by atoms with Crippen LogP contribution in [0.15, 0.2) is 78.3 Å². The summed E-state index contributed by atoms with van der Waals surface area (Å²) in [4.78, 5) is 4.52. The molecular formula is C27H29F3N4. The molecule has 0 heterocycles. The highest BCUT2D eigenvalue weighted by Crippen LogP contribution is 2.32. The zero-order chi connectivity index (χ0) is 24.7. The highest BCUT2D eigenvalue weighted by molar-refractivity contribution is 6.07. The molecule has 0 aromatic heterocycles. The topological polar surface area (TPSA) is 62.4 Å². The van der Waals surface area contributed by atoms with Crippen molar-refractivity contribution in [2.45, 2.75) is 33.0 Å². The zero-order valence-corrected chi connectivity index (χ0v) is 19.3. The number of nitrogens with two attached hydrogens (primary N) is 1. The summed E-state index contributed by atoms with van der Waals surface area (Å²) < 4.78 is 40.4. The molecule has 0 spiro atoms. The fourth-order valence-electron chi connectivity index (χ4n) is 3.54. The largest absolute Gasteiger partial charge is 0.416 e. The molecule has 3 aromatic rings. The van der Waals surface area contributed by atoms with E-state index in [-0.39, 0.29) is 12.1 Å². The molecule has 178 valence electrons. The molecule has 0 radical (unpaired) electrons. The van der Waals surface area contributed by atoms with Crippen molar-refractivity contribution in [1.82, 2.24) is 5.32 Å². The third-order valence-electron chi connectivity index (χ3n) is 5.28. The van der Waals surface area contributed by atoms with Gasteiger partial charge in [-0.3, -0.25) is 4.99 Å². The van der Waals surface area contributed by atoms with E-state index in [0.717, 1.165) is 35.8 Å². The number of aliphatic imine (C=N–C) groups is 1. The number of anilines is 2. The maximum absolute atomic E-state index is 13.5. The number of para-hydroxylation sites is 1. The normalized spacial score (nSPS) is 11.9. The Morgan fingerprint density at radius 3 is 2.41 bits per heavy atom. The second kappa shape index (κ2) is 10.9. The third kappa shape index (κ3) is 6.19. The number of alkyl halides is 3. The number of hydrogen-bond acceptors (Lipinski definition) is 3. The van der Waals surface area contributed by atoms with Crippen molar-refractivity contribution in [3.05, 3.63) is 101 Å². The van der Waals surface area contributed by atoms with Crippen LogP contribution in [0.5, 0.6) is 0 Å². The third-order valence-corrected chi connectivity index (χ3v) is 5.28. The van der Waals surface area contributed by atoms with Gasteiger partial charge in [-0.05, 0) is 49.2 Å². The van der Waals surface area contributed by atoms with Crippen LogP contribution in [0.2, 0.25) is 0 Å². The fourth-order valence-corrected chi connectivity index (χ4v) is 3.54. The molecule has 0 aliphatic carbocycles. The lowest BCUT2D eigenvalue weighted by molar-refractivity contribution is -0.138. The molecule has 0 bridgehead atoms. The molecule has 0 aliphatic rings. The van der Waals surface area contributed by atoms with E-state index < -0.39 is 11.7 Å². The molecule has 0 saturated carbocycles. The minimum atomic E-state index is -4.46. The van der Waals surface area contributed by atoms with Crippen molar-refractivity contribution in [2.24, 2.45) is 4.99 Å². The lowest BCUT2D eigenvalue weighted by Gasteiger charge is -2.19.